The Hall–Kier alpha value is -2.83. The molecule has 5 rings (SSSR count). The van der Waals surface area contributed by atoms with Gasteiger partial charge in [0.2, 0.25) is 0 Å². The summed E-state index contributed by atoms with van der Waals surface area (Å²) in [4.78, 5) is 37.4. The number of cyclic esters (lactones) is 1. The molecular weight excluding hydrogens is 472 g/mol. The molecule has 4 aliphatic rings. The third-order valence-electron chi connectivity index (χ3n) is 10.3. The SMILES string of the molecule is CC(=O)OC1C=C[C@@]2(C)C(C[C@@H](OC(C)=O)[C@@]3(C)C4=CC(=O)OC(c5ccoc5)[C@]4(C)CCC23)C1(C)C. The molecule has 1 aliphatic heterocycles. The summed E-state index contributed by atoms with van der Waals surface area (Å²) < 4.78 is 23.1. The highest BCUT2D eigenvalue weighted by Crippen LogP contribution is 2.72. The minimum Gasteiger partial charge on any atom is -0.472 e. The number of fused-ring (bicyclic) bond motifs is 5. The Balaban J connectivity index is 1.66. The van der Waals surface area contributed by atoms with E-state index >= 15 is 0 Å². The topological polar surface area (TPSA) is 92.0 Å². The van der Waals surface area contributed by atoms with Crippen molar-refractivity contribution in [1.29, 1.82) is 0 Å². The van der Waals surface area contributed by atoms with Crippen molar-refractivity contribution < 1.29 is 33.0 Å². The van der Waals surface area contributed by atoms with Crippen molar-refractivity contribution in [3.63, 3.8) is 0 Å². The molecule has 1 aromatic rings. The van der Waals surface area contributed by atoms with Gasteiger partial charge in [-0.3, -0.25) is 9.59 Å². The highest BCUT2D eigenvalue weighted by molar-refractivity contribution is 5.85. The van der Waals surface area contributed by atoms with Crippen LogP contribution in [0.1, 0.15) is 79.4 Å². The normalized spacial score (nSPS) is 41.9. The summed E-state index contributed by atoms with van der Waals surface area (Å²) in [5.74, 6) is -0.863. The van der Waals surface area contributed by atoms with Crippen molar-refractivity contribution in [3.05, 3.63) is 48.0 Å². The van der Waals surface area contributed by atoms with Crippen LogP contribution in [0.3, 0.4) is 0 Å². The maximum absolute atomic E-state index is 13.0. The van der Waals surface area contributed by atoms with Crippen LogP contribution >= 0.6 is 0 Å². The standard InChI is InChI=1S/C30H38O7/c1-17(31)35-23-9-12-28(5)20-8-11-29(6)22(15-25(33)37-26(29)19-10-13-34-16-19)30(20,7)24(36-18(2)32)14-21(28)27(23,3)4/h9-10,12-13,15-16,20-21,23-24,26H,8,11,14H2,1-7H3/t20?,21?,23?,24-,26?,28-,29-,30-/m1/s1. The molecule has 0 bridgehead atoms. The first-order valence-corrected chi connectivity index (χ1v) is 13.2. The van der Waals surface area contributed by atoms with Gasteiger partial charge < -0.3 is 18.6 Å². The van der Waals surface area contributed by atoms with E-state index < -0.39 is 23.0 Å². The Morgan fingerprint density at radius 2 is 1.73 bits per heavy atom. The molecule has 7 nitrogen and oxygen atoms in total. The average Bonchev–Trinajstić information content (AvgIpc) is 3.32. The van der Waals surface area contributed by atoms with Crippen LogP contribution in [0.5, 0.6) is 0 Å². The molecule has 0 aromatic carbocycles. The summed E-state index contributed by atoms with van der Waals surface area (Å²) >= 11 is 0. The van der Waals surface area contributed by atoms with E-state index in [0.717, 1.165) is 24.0 Å². The second-order valence-electron chi connectivity index (χ2n) is 12.7. The van der Waals surface area contributed by atoms with E-state index in [1.54, 1.807) is 18.6 Å². The minimum absolute atomic E-state index is 0.0851. The summed E-state index contributed by atoms with van der Waals surface area (Å²) in [6.07, 6.45) is 10.1. The monoisotopic (exact) mass is 510 g/mol. The van der Waals surface area contributed by atoms with Crippen molar-refractivity contribution in [1.82, 2.24) is 0 Å². The number of carbonyl (C=O) groups excluding carboxylic acids is 3. The van der Waals surface area contributed by atoms with E-state index in [0.29, 0.717) is 6.42 Å². The number of rotatable bonds is 3. The van der Waals surface area contributed by atoms with E-state index in [2.05, 4.69) is 40.7 Å². The Morgan fingerprint density at radius 3 is 2.35 bits per heavy atom. The van der Waals surface area contributed by atoms with Crippen LogP contribution in [-0.2, 0) is 28.6 Å². The maximum atomic E-state index is 13.0. The van der Waals surface area contributed by atoms with Crippen LogP contribution in [0.2, 0.25) is 0 Å². The lowest BCUT2D eigenvalue weighted by Gasteiger charge is -2.68. The first kappa shape index (κ1) is 25.8. The third kappa shape index (κ3) is 3.63. The number of carbonyl (C=O) groups is 3. The zero-order valence-corrected chi connectivity index (χ0v) is 22.8. The predicted octanol–water partition coefficient (Wildman–Crippen LogP) is 5.71. The van der Waals surface area contributed by atoms with E-state index in [1.165, 1.54) is 13.8 Å². The Labute approximate surface area is 218 Å². The van der Waals surface area contributed by atoms with Gasteiger partial charge in [0, 0.05) is 41.7 Å². The van der Waals surface area contributed by atoms with Crippen LogP contribution in [0.25, 0.3) is 0 Å². The maximum Gasteiger partial charge on any atom is 0.331 e. The summed E-state index contributed by atoms with van der Waals surface area (Å²) in [5, 5.41) is 0. The fourth-order valence-electron chi connectivity index (χ4n) is 8.66. The van der Waals surface area contributed by atoms with Gasteiger partial charge in [-0.05, 0) is 54.2 Å². The Bertz CT molecular complexity index is 1180. The quantitative estimate of drug-likeness (QED) is 0.292. The molecule has 0 radical (unpaired) electrons. The van der Waals surface area contributed by atoms with Gasteiger partial charge in [-0.15, -0.1) is 0 Å². The fourth-order valence-corrected chi connectivity index (χ4v) is 8.66. The van der Waals surface area contributed by atoms with Gasteiger partial charge in [-0.2, -0.15) is 0 Å². The van der Waals surface area contributed by atoms with Gasteiger partial charge in [-0.25, -0.2) is 4.79 Å². The molecule has 4 unspecified atom stereocenters. The summed E-state index contributed by atoms with van der Waals surface area (Å²) in [6.45, 7) is 13.8. The minimum atomic E-state index is -0.597. The molecule has 8 atom stereocenters. The van der Waals surface area contributed by atoms with E-state index in [1.807, 2.05) is 12.1 Å². The molecule has 3 aliphatic carbocycles. The highest BCUT2D eigenvalue weighted by atomic mass is 16.6. The summed E-state index contributed by atoms with van der Waals surface area (Å²) in [7, 11) is 0. The largest absolute Gasteiger partial charge is 0.472 e. The third-order valence-corrected chi connectivity index (χ3v) is 10.3. The molecule has 2 saturated carbocycles. The summed E-state index contributed by atoms with van der Waals surface area (Å²) in [5.41, 5.74) is 0.0988. The number of esters is 3. The average molecular weight is 511 g/mol. The summed E-state index contributed by atoms with van der Waals surface area (Å²) in [6, 6.07) is 1.85. The van der Waals surface area contributed by atoms with E-state index in [4.69, 9.17) is 18.6 Å². The molecule has 37 heavy (non-hydrogen) atoms. The van der Waals surface area contributed by atoms with Gasteiger partial charge >= 0.3 is 17.9 Å². The molecule has 2 fully saturated rings. The van der Waals surface area contributed by atoms with Gasteiger partial charge in [0.25, 0.3) is 0 Å². The van der Waals surface area contributed by atoms with Crippen molar-refractivity contribution in [2.24, 2.45) is 33.5 Å². The second-order valence-corrected chi connectivity index (χ2v) is 12.7. The molecule has 7 heteroatoms. The molecule has 1 aromatic heterocycles. The Kier molecular flexibility index (Phi) is 5.81. The molecule has 0 saturated heterocycles. The first-order chi connectivity index (χ1) is 17.2. The number of allylic oxidation sites excluding steroid dienone is 1. The molecule has 0 spiro atoms. The van der Waals surface area contributed by atoms with Crippen LogP contribution < -0.4 is 0 Å². The van der Waals surface area contributed by atoms with Gasteiger partial charge in [-0.1, -0.05) is 40.7 Å². The van der Waals surface area contributed by atoms with Crippen LogP contribution in [-0.4, -0.2) is 30.1 Å². The predicted molar refractivity (Wildman–Crippen MR) is 135 cm³/mol. The van der Waals surface area contributed by atoms with Gasteiger partial charge in [0.15, 0.2) is 0 Å². The van der Waals surface area contributed by atoms with Crippen molar-refractivity contribution in [2.45, 2.75) is 86.0 Å². The van der Waals surface area contributed by atoms with Crippen LogP contribution in [0.15, 0.2) is 46.8 Å². The molecular formula is C30H38O7. The molecule has 2 heterocycles. The van der Waals surface area contributed by atoms with Crippen molar-refractivity contribution in [3.8, 4) is 0 Å². The zero-order chi connectivity index (χ0) is 27.0. The Morgan fingerprint density at radius 1 is 1.03 bits per heavy atom. The lowest BCUT2D eigenvalue weighted by Crippen LogP contribution is -2.65. The highest BCUT2D eigenvalue weighted by Gasteiger charge is 2.69. The van der Waals surface area contributed by atoms with Gasteiger partial charge in [0.1, 0.15) is 18.3 Å². The lowest BCUT2D eigenvalue weighted by molar-refractivity contribution is -0.204. The van der Waals surface area contributed by atoms with Gasteiger partial charge in [0.05, 0.1) is 12.5 Å². The number of hydrogen-bond donors (Lipinski definition) is 0. The van der Waals surface area contributed by atoms with E-state index in [9.17, 15) is 14.4 Å². The van der Waals surface area contributed by atoms with Crippen molar-refractivity contribution in [2.75, 3.05) is 0 Å². The number of ether oxygens (including phenoxy) is 3. The van der Waals surface area contributed by atoms with Crippen LogP contribution in [0, 0.1) is 33.5 Å². The number of furan rings is 1. The lowest BCUT2D eigenvalue weighted by atomic mass is 9.38. The first-order valence-electron chi connectivity index (χ1n) is 13.2. The number of hydrogen-bond acceptors (Lipinski definition) is 7. The van der Waals surface area contributed by atoms with Crippen LogP contribution in [0.4, 0.5) is 0 Å². The van der Waals surface area contributed by atoms with Crippen molar-refractivity contribution >= 4 is 17.9 Å². The molecule has 0 N–H and O–H groups in total. The molecule has 200 valence electrons. The van der Waals surface area contributed by atoms with E-state index in [-0.39, 0.29) is 46.7 Å². The second kappa shape index (κ2) is 8.34. The molecule has 0 amide bonds. The zero-order valence-electron chi connectivity index (χ0n) is 22.8. The fraction of sp³-hybridized carbons (Fsp3) is 0.633. The smallest absolute Gasteiger partial charge is 0.331 e.